The fraction of sp³-hybridized carbons (Fsp3) is 0.346. The van der Waals surface area contributed by atoms with E-state index in [9.17, 15) is 14.4 Å². The van der Waals surface area contributed by atoms with Crippen molar-refractivity contribution in [2.75, 3.05) is 18.1 Å². The lowest BCUT2D eigenvalue weighted by molar-refractivity contribution is -0.142. The number of nitrogens with zero attached hydrogens (tertiary/aromatic N) is 2. The number of anilines is 1. The average molecular weight is 463 g/mol. The summed E-state index contributed by atoms with van der Waals surface area (Å²) in [6, 6.07) is 13.4. The zero-order valence-electron chi connectivity index (χ0n) is 17.9. The fourth-order valence-electron chi connectivity index (χ4n) is 5.83. The molecule has 0 aliphatic carbocycles. The normalized spacial score (nSPS) is 29.9. The monoisotopic (exact) mass is 462 g/mol. The van der Waals surface area contributed by atoms with Gasteiger partial charge >= 0.3 is 0 Å². The second-order valence-corrected chi connectivity index (χ2v) is 9.54. The van der Waals surface area contributed by atoms with Gasteiger partial charge in [-0.25, -0.2) is 0 Å². The number of para-hydroxylation sites is 1. The second-order valence-electron chi connectivity index (χ2n) is 9.11. The smallest absolute Gasteiger partial charge is 0.235 e. The Morgan fingerprint density at radius 1 is 1.03 bits per heavy atom. The van der Waals surface area contributed by atoms with Crippen LogP contribution in [0.25, 0.3) is 6.08 Å². The second kappa shape index (κ2) is 7.82. The van der Waals surface area contributed by atoms with Crippen LogP contribution in [0.5, 0.6) is 0 Å². The maximum absolute atomic E-state index is 13.9. The molecule has 2 aromatic carbocycles. The summed E-state index contributed by atoms with van der Waals surface area (Å²) in [5, 5.41) is 0.537. The first-order valence-corrected chi connectivity index (χ1v) is 11.7. The Bertz CT molecular complexity index is 1170. The Balaban J connectivity index is 1.43. The molecule has 7 heteroatoms. The molecule has 2 aromatic rings. The van der Waals surface area contributed by atoms with Crippen molar-refractivity contribution < 1.29 is 19.1 Å². The third kappa shape index (κ3) is 3.15. The third-order valence-electron chi connectivity index (χ3n) is 7.31. The zero-order chi connectivity index (χ0) is 22.7. The average Bonchev–Trinajstić information content (AvgIpc) is 3.52. The molecule has 4 aliphatic rings. The Kier molecular flexibility index (Phi) is 4.89. The van der Waals surface area contributed by atoms with Crippen molar-refractivity contribution in [1.82, 2.24) is 4.90 Å². The number of Topliss-reactive ketones (excluding diaryl/α,β-unsaturated/α-hetero) is 1. The van der Waals surface area contributed by atoms with E-state index >= 15 is 0 Å². The van der Waals surface area contributed by atoms with Crippen LogP contribution < -0.4 is 4.90 Å². The number of amides is 2. The molecule has 0 saturated carbocycles. The summed E-state index contributed by atoms with van der Waals surface area (Å²) in [5.74, 6) is -1.97. The molecule has 0 unspecified atom stereocenters. The van der Waals surface area contributed by atoms with Gasteiger partial charge in [0.05, 0.1) is 30.5 Å². The standard InChI is InChI=1S/C26H23ClN2O4/c27-17-10-7-16(8-11-17)24(30)23-22-21(20-12-9-15-4-1-2-6-19(15)29(20)23)25(31)28(26(22)32)14-18-5-3-13-33-18/h1-2,4,6-12,18,20-23H,3,5,13-14H2/t18-,20+,21+,22+,23+/m0/s1. The quantitative estimate of drug-likeness (QED) is 0.513. The third-order valence-corrected chi connectivity index (χ3v) is 7.57. The summed E-state index contributed by atoms with van der Waals surface area (Å²) in [7, 11) is 0. The van der Waals surface area contributed by atoms with E-state index in [1.807, 2.05) is 41.3 Å². The highest BCUT2D eigenvalue weighted by Gasteiger charge is 2.64. The van der Waals surface area contributed by atoms with Crippen molar-refractivity contribution in [1.29, 1.82) is 0 Å². The van der Waals surface area contributed by atoms with Gasteiger partial charge in [-0.15, -0.1) is 0 Å². The molecule has 6 nitrogen and oxygen atoms in total. The predicted octanol–water partition coefficient (Wildman–Crippen LogP) is 3.59. The first-order chi connectivity index (χ1) is 16.0. The van der Waals surface area contributed by atoms with E-state index in [4.69, 9.17) is 16.3 Å². The minimum absolute atomic E-state index is 0.124. The number of likely N-dealkylation sites (tertiary alicyclic amines) is 1. The summed E-state index contributed by atoms with van der Waals surface area (Å²) in [5.41, 5.74) is 2.32. The highest BCUT2D eigenvalue weighted by Crippen LogP contribution is 2.49. The number of benzene rings is 2. The van der Waals surface area contributed by atoms with E-state index in [1.54, 1.807) is 24.3 Å². The summed E-state index contributed by atoms with van der Waals surface area (Å²) >= 11 is 6.04. The summed E-state index contributed by atoms with van der Waals surface area (Å²) in [4.78, 5) is 44.4. The van der Waals surface area contributed by atoms with E-state index in [0.29, 0.717) is 17.2 Å². The summed E-state index contributed by atoms with van der Waals surface area (Å²) in [6.45, 7) is 0.918. The molecule has 3 saturated heterocycles. The van der Waals surface area contributed by atoms with Gasteiger partial charge in [0, 0.05) is 22.9 Å². The molecule has 5 atom stereocenters. The number of fused-ring (bicyclic) bond motifs is 5. The molecule has 0 N–H and O–H groups in total. The van der Waals surface area contributed by atoms with Gasteiger partial charge in [0.15, 0.2) is 5.78 Å². The van der Waals surface area contributed by atoms with Gasteiger partial charge in [-0.05, 0) is 48.7 Å². The van der Waals surface area contributed by atoms with Gasteiger partial charge in [-0.3, -0.25) is 19.3 Å². The maximum Gasteiger partial charge on any atom is 0.235 e. The molecule has 0 radical (unpaired) electrons. The molecule has 4 aliphatic heterocycles. The van der Waals surface area contributed by atoms with Crippen LogP contribution >= 0.6 is 11.6 Å². The first kappa shape index (κ1) is 20.6. The molecule has 0 spiro atoms. The number of carbonyl (C=O) groups excluding carboxylic acids is 3. The number of hydrogen-bond donors (Lipinski definition) is 0. The molecule has 3 fully saturated rings. The highest BCUT2D eigenvalue weighted by atomic mass is 35.5. The van der Waals surface area contributed by atoms with Gasteiger partial charge in [0.2, 0.25) is 11.8 Å². The largest absolute Gasteiger partial charge is 0.376 e. The molecule has 6 rings (SSSR count). The van der Waals surface area contributed by atoms with Crippen LogP contribution in [0, 0.1) is 11.8 Å². The molecule has 4 heterocycles. The molecule has 0 bridgehead atoms. The van der Waals surface area contributed by atoms with Gasteiger partial charge in [-0.1, -0.05) is 42.0 Å². The Hall–Kier alpha value is -2.96. The van der Waals surface area contributed by atoms with Crippen LogP contribution in [0.1, 0.15) is 28.8 Å². The number of ketones is 1. The number of carbonyl (C=O) groups is 3. The van der Waals surface area contributed by atoms with Crippen molar-refractivity contribution in [3.63, 3.8) is 0 Å². The van der Waals surface area contributed by atoms with Crippen LogP contribution in [0.15, 0.2) is 54.6 Å². The zero-order valence-corrected chi connectivity index (χ0v) is 18.6. The van der Waals surface area contributed by atoms with Crippen molar-refractivity contribution in [2.45, 2.75) is 31.0 Å². The minimum Gasteiger partial charge on any atom is -0.376 e. The Morgan fingerprint density at radius 3 is 2.55 bits per heavy atom. The molecular formula is C26H23ClN2O4. The van der Waals surface area contributed by atoms with Crippen molar-refractivity contribution >= 4 is 41.0 Å². The summed E-state index contributed by atoms with van der Waals surface area (Å²) in [6.07, 6.45) is 5.60. The van der Waals surface area contributed by atoms with Crippen LogP contribution in [0.4, 0.5) is 5.69 Å². The van der Waals surface area contributed by atoms with E-state index in [0.717, 1.165) is 24.1 Å². The van der Waals surface area contributed by atoms with Crippen LogP contribution in [0.3, 0.4) is 0 Å². The van der Waals surface area contributed by atoms with Crippen LogP contribution in [0.2, 0.25) is 5.02 Å². The highest BCUT2D eigenvalue weighted by molar-refractivity contribution is 6.30. The SMILES string of the molecule is O=C(c1ccc(Cl)cc1)[C@H]1[C@@H]2C(=O)N(C[C@@H]3CCCO3)C(=O)[C@@H]2[C@H]2C=Cc3ccccc3N21. The minimum atomic E-state index is -0.766. The maximum atomic E-state index is 13.9. The number of halogens is 1. The molecule has 33 heavy (non-hydrogen) atoms. The Morgan fingerprint density at radius 2 is 1.79 bits per heavy atom. The number of rotatable bonds is 4. The van der Waals surface area contributed by atoms with Gasteiger partial charge < -0.3 is 9.64 Å². The number of ether oxygens (including phenoxy) is 1. The number of imide groups is 1. The predicted molar refractivity (Wildman–Crippen MR) is 124 cm³/mol. The Labute approximate surface area is 196 Å². The van der Waals surface area contributed by atoms with Crippen molar-refractivity contribution in [2.24, 2.45) is 11.8 Å². The van der Waals surface area contributed by atoms with Gasteiger partial charge in [0.1, 0.15) is 6.04 Å². The van der Waals surface area contributed by atoms with E-state index in [-0.39, 0.29) is 36.3 Å². The molecule has 2 amide bonds. The lowest BCUT2D eigenvalue weighted by atomic mass is 9.86. The lowest BCUT2D eigenvalue weighted by Gasteiger charge is -2.36. The van der Waals surface area contributed by atoms with Crippen molar-refractivity contribution in [3.05, 3.63) is 70.8 Å². The fourth-order valence-corrected chi connectivity index (χ4v) is 5.96. The van der Waals surface area contributed by atoms with E-state index in [2.05, 4.69) is 0 Å². The molecule has 0 aromatic heterocycles. The van der Waals surface area contributed by atoms with Crippen LogP contribution in [-0.2, 0) is 14.3 Å². The topological polar surface area (TPSA) is 66.9 Å². The van der Waals surface area contributed by atoms with Gasteiger partial charge in [-0.2, -0.15) is 0 Å². The molecule has 168 valence electrons. The van der Waals surface area contributed by atoms with Gasteiger partial charge in [0.25, 0.3) is 0 Å². The van der Waals surface area contributed by atoms with E-state index in [1.165, 1.54) is 4.90 Å². The number of hydrogen-bond acceptors (Lipinski definition) is 5. The van der Waals surface area contributed by atoms with E-state index < -0.39 is 17.9 Å². The lowest BCUT2D eigenvalue weighted by Crippen LogP contribution is -2.49. The van der Waals surface area contributed by atoms with Crippen molar-refractivity contribution in [3.8, 4) is 0 Å². The summed E-state index contributed by atoms with van der Waals surface area (Å²) < 4.78 is 5.69. The first-order valence-electron chi connectivity index (χ1n) is 11.4. The molecular weight excluding hydrogens is 440 g/mol. The van der Waals surface area contributed by atoms with Crippen LogP contribution in [-0.4, -0.2) is 53.8 Å².